The summed E-state index contributed by atoms with van der Waals surface area (Å²) in [4.78, 5) is 23.7. The van der Waals surface area contributed by atoms with Gasteiger partial charge >= 0.3 is 0 Å². The molecule has 3 aromatic rings. The fraction of sp³-hybridized carbons (Fsp3) is 0.348. The van der Waals surface area contributed by atoms with Crippen LogP contribution in [0.2, 0.25) is 0 Å². The summed E-state index contributed by atoms with van der Waals surface area (Å²) in [7, 11) is 0. The van der Waals surface area contributed by atoms with Crippen LogP contribution in [-0.4, -0.2) is 57.2 Å². The van der Waals surface area contributed by atoms with Crippen molar-refractivity contribution < 1.29 is 18.3 Å². The average Bonchev–Trinajstić information content (AvgIpc) is 2.87. The average molecular weight is 469 g/mol. The SMILES string of the molecule is CC(=O)N1CCN(c2ccc(CNc3ccc(OCc4ccc(C(F)F)nc4)nn3)cn2)CC1. The number of anilines is 2. The molecular weight excluding hydrogens is 444 g/mol. The molecule has 1 amide bonds. The van der Waals surface area contributed by atoms with Crippen LogP contribution in [0.25, 0.3) is 0 Å². The minimum Gasteiger partial charge on any atom is -0.472 e. The first-order chi connectivity index (χ1) is 16.5. The number of nitrogens with one attached hydrogen (secondary N) is 1. The maximum atomic E-state index is 12.6. The van der Waals surface area contributed by atoms with Crippen molar-refractivity contribution in [1.82, 2.24) is 25.1 Å². The molecule has 3 aromatic heterocycles. The van der Waals surface area contributed by atoms with E-state index in [1.807, 2.05) is 23.2 Å². The third kappa shape index (κ3) is 6.12. The van der Waals surface area contributed by atoms with Crippen LogP contribution in [0.5, 0.6) is 5.88 Å². The van der Waals surface area contributed by atoms with Crippen molar-refractivity contribution in [2.75, 3.05) is 36.4 Å². The van der Waals surface area contributed by atoms with Crippen LogP contribution in [0.1, 0.15) is 30.2 Å². The molecule has 178 valence electrons. The molecule has 0 aliphatic carbocycles. The highest BCUT2D eigenvalue weighted by Crippen LogP contribution is 2.18. The summed E-state index contributed by atoms with van der Waals surface area (Å²) in [5, 5.41) is 11.3. The Morgan fingerprint density at radius 2 is 1.76 bits per heavy atom. The van der Waals surface area contributed by atoms with Crippen LogP contribution >= 0.6 is 0 Å². The fourth-order valence-electron chi connectivity index (χ4n) is 3.45. The molecule has 4 heterocycles. The second-order valence-electron chi connectivity index (χ2n) is 7.81. The predicted molar refractivity (Wildman–Crippen MR) is 122 cm³/mol. The van der Waals surface area contributed by atoms with E-state index in [4.69, 9.17) is 4.74 Å². The molecular formula is C23H25F2N7O2. The quantitative estimate of drug-likeness (QED) is 0.538. The second-order valence-corrected chi connectivity index (χ2v) is 7.81. The third-order valence-corrected chi connectivity index (χ3v) is 5.43. The first-order valence-electron chi connectivity index (χ1n) is 10.9. The van der Waals surface area contributed by atoms with Crippen molar-refractivity contribution in [2.24, 2.45) is 0 Å². The molecule has 0 aromatic carbocycles. The van der Waals surface area contributed by atoms with Gasteiger partial charge in [-0.05, 0) is 23.8 Å². The number of hydrogen-bond acceptors (Lipinski definition) is 8. The largest absolute Gasteiger partial charge is 0.472 e. The molecule has 1 aliphatic heterocycles. The molecule has 0 unspecified atom stereocenters. The lowest BCUT2D eigenvalue weighted by Gasteiger charge is -2.34. The van der Waals surface area contributed by atoms with E-state index in [0.717, 1.165) is 24.5 Å². The molecule has 1 aliphatic rings. The van der Waals surface area contributed by atoms with Gasteiger partial charge in [-0.2, -0.15) is 0 Å². The number of piperazine rings is 1. The number of amides is 1. The summed E-state index contributed by atoms with van der Waals surface area (Å²) in [5.41, 5.74) is 1.38. The van der Waals surface area contributed by atoms with Gasteiger partial charge in [0.25, 0.3) is 6.43 Å². The number of rotatable bonds is 8. The van der Waals surface area contributed by atoms with Gasteiger partial charge < -0.3 is 19.9 Å². The Labute approximate surface area is 195 Å². The van der Waals surface area contributed by atoms with Crippen LogP contribution in [0.15, 0.2) is 48.8 Å². The van der Waals surface area contributed by atoms with Crippen molar-refractivity contribution in [3.05, 3.63) is 65.6 Å². The fourth-order valence-corrected chi connectivity index (χ4v) is 3.45. The van der Waals surface area contributed by atoms with E-state index in [1.54, 1.807) is 25.1 Å². The smallest absolute Gasteiger partial charge is 0.280 e. The normalized spacial score (nSPS) is 13.8. The van der Waals surface area contributed by atoms with E-state index in [0.29, 0.717) is 36.9 Å². The summed E-state index contributed by atoms with van der Waals surface area (Å²) in [6.45, 7) is 5.23. The van der Waals surface area contributed by atoms with Gasteiger partial charge in [0.1, 0.15) is 23.9 Å². The zero-order chi connectivity index (χ0) is 23.9. The van der Waals surface area contributed by atoms with E-state index in [2.05, 4.69) is 30.4 Å². The molecule has 34 heavy (non-hydrogen) atoms. The van der Waals surface area contributed by atoms with Gasteiger partial charge in [0, 0.05) is 63.7 Å². The molecule has 1 fully saturated rings. The van der Waals surface area contributed by atoms with Gasteiger partial charge in [-0.1, -0.05) is 12.1 Å². The Morgan fingerprint density at radius 3 is 2.35 bits per heavy atom. The summed E-state index contributed by atoms with van der Waals surface area (Å²) < 4.78 is 30.6. The van der Waals surface area contributed by atoms with Crippen LogP contribution in [0.4, 0.5) is 20.4 Å². The Bertz CT molecular complexity index is 1070. The first-order valence-corrected chi connectivity index (χ1v) is 10.9. The molecule has 0 radical (unpaired) electrons. The highest BCUT2D eigenvalue weighted by atomic mass is 19.3. The highest BCUT2D eigenvalue weighted by molar-refractivity contribution is 5.73. The molecule has 0 bridgehead atoms. The summed E-state index contributed by atoms with van der Waals surface area (Å²) in [5.74, 6) is 1.90. The summed E-state index contributed by atoms with van der Waals surface area (Å²) in [6, 6.07) is 10.2. The Hall–Kier alpha value is -3.89. The van der Waals surface area contributed by atoms with Crippen molar-refractivity contribution >= 4 is 17.5 Å². The van der Waals surface area contributed by atoms with Crippen LogP contribution < -0.4 is 15.0 Å². The van der Waals surface area contributed by atoms with Gasteiger partial charge in [-0.15, -0.1) is 10.2 Å². The number of ether oxygens (including phenoxy) is 1. The minimum absolute atomic E-state index is 0.107. The molecule has 1 N–H and O–H groups in total. The van der Waals surface area contributed by atoms with Gasteiger partial charge in [-0.25, -0.2) is 13.8 Å². The van der Waals surface area contributed by atoms with Crippen LogP contribution in [0.3, 0.4) is 0 Å². The Kier molecular flexibility index (Phi) is 7.41. The predicted octanol–water partition coefficient (Wildman–Crippen LogP) is 3.06. The third-order valence-electron chi connectivity index (χ3n) is 5.43. The molecule has 4 rings (SSSR count). The lowest BCUT2D eigenvalue weighted by molar-refractivity contribution is -0.129. The molecule has 0 atom stereocenters. The molecule has 11 heteroatoms. The molecule has 9 nitrogen and oxygen atoms in total. The van der Waals surface area contributed by atoms with Gasteiger partial charge in [0.2, 0.25) is 11.8 Å². The zero-order valence-electron chi connectivity index (χ0n) is 18.7. The number of pyridine rings is 2. The second kappa shape index (κ2) is 10.8. The monoisotopic (exact) mass is 469 g/mol. The lowest BCUT2D eigenvalue weighted by atomic mass is 10.2. The highest BCUT2D eigenvalue weighted by Gasteiger charge is 2.19. The van der Waals surface area contributed by atoms with Crippen molar-refractivity contribution in [3.63, 3.8) is 0 Å². The molecule has 0 spiro atoms. The van der Waals surface area contributed by atoms with E-state index >= 15 is 0 Å². The number of hydrogen-bond donors (Lipinski definition) is 1. The van der Waals surface area contributed by atoms with Gasteiger partial charge in [-0.3, -0.25) is 9.78 Å². The van der Waals surface area contributed by atoms with E-state index in [1.165, 1.54) is 12.3 Å². The first kappa shape index (κ1) is 23.3. The lowest BCUT2D eigenvalue weighted by Crippen LogP contribution is -2.48. The zero-order valence-corrected chi connectivity index (χ0v) is 18.7. The molecule has 0 saturated carbocycles. The minimum atomic E-state index is -2.59. The summed E-state index contributed by atoms with van der Waals surface area (Å²) in [6.07, 6.45) is 0.582. The van der Waals surface area contributed by atoms with Crippen LogP contribution in [-0.2, 0) is 17.9 Å². The number of nitrogens with zero attached hydrogens (tertiary/aromatic N) is 6. The summed E-state index contributed by atoms with van der Waals surface area (Å²) >= 11 is 0. The van der Waals surface area contributed by atoms with E-state index < -0.39 is 6.43 Å². The van der Waals surface area contributed by atoms with E-state index in [9.17, 15) is 13.6 Å². The standard InChI is InChI=1S/C23H25F2N7O2/c1-16(33)31-8-10-32(11-9-31)21-6-3-17(13-28-21)12-27-20-5-7-22(30-29-20)34-15-18-2-4-19(23(24)25)26-14-18/h2-7,13-14,23H,8-12,15H2,1H3,(H,27,29). The van der Waals surface area contributed by atoms with Crippen molar-refractivity contribution in [3.8, 4) is 5.88 Å². The van der Waals surface area contributed by atoms with Gasteiger partial charge in [0.05, 0.1) is 0 Å². The Balaban J connectivity index is 1.23. The van der Waals surface area contributed by atoms with E-state index in [-0.39, 0.29) is 18.2 Å². The maximum Gasteiger partial charge on any atom is 0.280 e. The van der Waals surface area contributed by atoms with Crippen molar-refractivity contribution in [2.45, 2.75) is 26.5 Å². The van der Waals surface area contributed by atoms with Crippen molar-refractivity contribution in [1.29, 1.82) is 0 Å². The maximum absolute atomic E-state index is 12.6. The number of carbonyl (C=O) groups excluding carboxylic acids is 1. The number of alkyl halides is 2. The van der Waals surface area contributed by atoms with Crippen LogP contribution in [0, 0.1) is 0 Å². The topological polar surface area (TPSA) is 96.4 Å². The molecule has 1 saturated heterocycles. The Morgan fingerprint density at radius 1 is 1.00 bits per heavy atom. The number of aromatic nitrogens is 4. The number of carbonyl (C=O) groups is 1. The number of halogens is 2. The van der Waals surface area contributed by atoms with Gasteiger partial charge in [0.15, 0.2) is 0 Å².